The van der Waals surface area contributed by atoms with Crippen LogP contribution < -0.4 is 10.8 Å². The molecule has 2 aromatic rings. The van der Waals surface area contributed by atoms with Gasteiger partial charge in [-0.2, -0.15) is 0 Å². The average Bonchev–Trinajstić information content (AvgIpc) is 2.71. The lowest BCUT2D eigenvalue weighted by molar-refractivity contribution is -0.124. The number of ether oxygens (including phenoxy) is 2. The van der Waals surface area contributed by atoms with E-state index < -0.39 is 24.2 Å². The molecule has 0 saturated carbocycles. The molecule has 0 saturated heterocycles. The molecule has 29 heavy (non-hydrogen) atoms. The number of halogens is 1. The van der Waals surface area contributed by atoms with Crippen molar-refractivity contribution in [1.29, 1.82) is 0 Å². The summed E-state index contributed by atoms with van der Waals surface area (Å²) >= 11 is 3.32. The van der Waals surface area contributed by atoms with Gasteiger partial charge in [0.05, 0.1) is 0 Å². The third-order valence-electron chi connectivity index (χ3n) is 3.75. The summed E-state index contributed by atoms with van der Waals surface area (Å²) in [6, 6.07) is 13.0. The fraction of sp³-hybridized carbons (Fsp3) is 0.200. The Labute approximate surface area is 176 Å². The number of rotatable bonds is 8. The topological polar surface area (TPSA) is 117 Å². The first kappa shape index (κ1) is 22.4. The van der Waals surface area contributed by atoms with Crippen LogP contribution in [-0.4, -0.2) is 35.0 Å². The number of aromatic hydroxyl groups is 1. The molecule has 0 heterocycles. The fourth-order valence-electron chi connectivity index (χ4n) is 2.44. The van der Waals surface area contributed by atoms with Crippen LogP contribution in [0.4, 0.5) is 10.5 Å². The van der Waals surface area contributed by atoms with E-state index in [4.69, 9.17) is 14.7 Å². The highest BCUT2D eigenvalue weighted by atomic mass is 79.9. The van der Waals surface area contributed by atoms with Gasteiger partial charge in [-0.1, -0.05) is 28.1 Å². The predicted molar refractivity (Wildman–Crippen MR) is 110 cm³/mol. The highest BCUT2D eigenvalue weighted by molar-refractivity contribution is 9.10. The molecule has 2 atom stereocenters. The van der Waals surface area contributed by atoms with Crippen molar-refractivity contribution < 1.29 is 29.4 Å². The largest absolute Gasteiger partial charge is 0.508 e. The molecular formula is C20H21BrN2O6. The zero-order valence-corrected chi connectivity index (χ0v) is 17.1. The molecule has 0 unspecified atom stereocenters. The number of carbonyl (C=O) groups excluding carboxylic acids is 2. The van der Waals surface area contributed by atoms with E-state index in [0.717, 1.165) is 10.5 Å². The molecule has 0 aliphatic rings. The van der Waals surface area contributed by atoms with Gasteiger partial charge in [0.15, 0.2) is 6.10 Å². The van der Waals surface area contributed by atoms with E-state index in [2.05, 4.69) is 21.2 Å². The van der Waals surface area contributed by atoms with Crippen LogP contribution in [0.3, 0.4) is 0 Å². The summed E-state index contributed by atoms with van der Waals surface area (Å²) < 4.78 is 12.1. The lowest BCUT2D eigenvalue weighted by Gasteiger charge is -2.25. The molecular weight excluding hydrogens is 444 g/mol. The number of hydrogen-bond acceptors (Lipinski definition) is 6. The summed E-state index contributed by atoms with van der Waals surface area (Å²) in [6.45, 7) is 2.03. The van der Waals surface area contributed by atoms with Gasteiger partial charge in [-0.3, -0.25) is 15.3 Å². The first-order valence-electron chi connectivity index (χ1n) is 8.69. The molecule has 4 N–H and O–H groups in total. The second-order valence-corrected chi connectivity index (χ2v) is 6.72. The van der Waals surface area contributed by atoms with E-state index in [1.54, 1.807) is 43.3 Å². The Bertz CT molecular complexity index is 839. The van der Waals surface area contributed by atoms with Gasteiger partial charge in [-0.15, -0.1) is 0 Å². The SMILES string of the molecule is CCO[C@H](/C=C/C(=O)NO)[C@H](OC(=O)Nc1ccc(Br)cc1)c1ccc(O)cc1. The Morgan fingerprint density at radius 2 is 1.79 bits per heavy atom. The number of anilines is 1. The van der Waals surface area contributed by atoms with Crippen molar-refractivity contribution in [3.05, 3.63) is 70.7 Å². The number of nitrogens with one attached hydrogen (secondary N) is 2. The summed E-state index contributed by atoms with van der Waals surface area (Å²) in [5, 5.41) is 20.8. The van der Waals surface area contributed by atoms with Crippen molar-refractivity contribution in [2.24, 2.45) is 0 Å². The molecule has 154 valence electrons. The van der Waals surface area contributed by atoms with Crippen LogP contribution in [-0.2, 0) is 14.3 Å². The smallest absolute Gasteiger partial charge is 0.412 e. The highest BCUT2D eigenvalue weighted by Crippen LogP contribution is 2.27. The second kappa shape index (κ2) is 11.2. The molecule has 0 bridgehead atoms. The first-order valence-corrected chi connectivity index (χ1v) is 9.48. The van der Waals surface area contributed by atoms with Gasteiger partial charge in [0, 0.05) is 22.8 Å². The monoisotopic (exact) mass is 464 g/mol. The molecule has 2 rings (SSSR count). The summed E-state index contributed by atoms with van der Waals surface area (Å²) in [5.41, 5.74) is 2.56. The number of amides is 2. The van der Waals surface area contributed by atoms with Crippen LogP contribution in [0.2, 0.25) is 0 Å². The van der Waals surface area contributed by atoms with Crippen LogP contribution in [0.1, 0.15) is 18.6 Å². The summed E-state index contributed by atoms with van der Waals surface area (Å²) in [6.07, 6.45) is -0.0233. The van der Waals surface area contributed by atoms with Gasteiger partial charge in [0.25, 0.3) is 5.91 Å². The van der Waals surface area contributed by atoms with Crippen molar-refractivity contribution >= 4 is 33.6 Å². The van der Waals surface area contributed by atoms with Crippen molar-refractivity contribution in [2.75, 3.05) is 11.9 Å². The number of phenolic OH excluding ortho intramolecular Hbond substituents is 1. The van der Waals surface area contributed by atoms with Gasteiger partial charge in [-0.05, 0) is 55.0 Å². The van der Waals surface area contributed by atoms with Crippen LogP contribution in [0.25, 0.3) is 0 Å². The first-order chi connectivity index (χ1) is 13.9. The van der Waals surface area contributed by atoms with Crippen molar-refractivity contribution in [1.82, 2.24) is 5.48 Å². The minimum absolute atomic E-state index is 0.0509. The van der Waals surface area contributed by atoms with Gasteiger partial charge in [0.1, 0.15) is 11.9 Å². The van der Waals surface area contributed by atoms with Crippen LogP contribution >= 0.6 is 15.9 Å². The zero-order chi connectivity index (χ0) is 21.2. The minimum atomic E-state index is -0.922. The summed E-state index contributed by atoms with van der Waals surface area (Å²) in [4.78, 5) is 23.8. The third kappa shape index (κ3) is 7.22. The quantitative estimate of drug-likeness (QED) is 0.267. The molecule has 0 aliphatic carbocycles. The lowest BCUT2D eigenvalue weighted by atomic mass is 10.0. The van der Waals surface area contributed by atoms with Crippen LogP contribution in [0.15, 0.2) is 65.2 Å². The van der Waals surface area contributed by atoms with Gasteiger partial charge in [0.2, 0.25) is 0 Å². The predicted octanol–water partition coefficient (Wildman–Crippen LogP) is 3.91. The van der Waals surface area contributed by atoms with Gasteiger partial charge >= 0.3 is 6.09 Å². The van der Waals surface area contributed by atoms with E-state index in [-0.39, 0.29) is 12.4 Å². The third-order valence-corrected chi connectivity index (χ3v) is 4.28. The summed E-state index contributed by atoms with van der Waals surface area (Å²) in [7, 11) is 0. The van der Waals surface area contributed by atoms with Gasteiger partial charge < -0.3 is 14.6 Å². The zero-order valence-electron chi connectivity index (χ0n) is 15.5. The maximum Gasteiger partial charge on any atom is 0.412 e. The maximum absolute atomic E-state index is 12.5. The van der Waals surface area contributed by atoms with Crippen molar-refractivity contribution in [3.63, 3.8) is 0 Å². The van der Waals surface area contributed by atoms with Crippen LogP contribution in [0, 0.1) is 0 Å². The Hall–Kier alpha value is -2.88. The number of phenols is 1. The number of carbonyl (C=O) groups is 2. The van der Waals surface area contributed by atoms with E-state index in [1.165, 1.54) is 23.7 Å². The Morgan fingerprint density at radius 3 is 2.38 bits per heavy atom. The molecule has 2 aromatic carbocycles. The molecule has 8 nitrogen and oxygen atoms in total. The standard InChI is InChI=1S/C20H21BrN2O6/c1-2-28-17(11-12-18(25)23-27)19(13-3-9-16(24)10-4-13)29-20(26)22-15-7-5-14(21)6-8-15/h3-12,17,19,24,27H,2H2,1H3,(H,22,26)(H,23,25)/b12-11+/t17-,19-/m1/s1. The minimum Gasteiger partial charge on any atom is -0.508 e. The Kier molecular flexibility index (Phi) is 8.66. The van der Waals surface area contributed by atoms with Crippen LogP contribution in [0.5, 0.6) is 5.75 Å². The van der Waals surface area contributed by atoms with E-state index in [0.29, 0.717) is 11.3 Å². The fourth-order valence-corrected chi connectivity index (χ4v) is 2.70. The Balaban J connectivity index is 2.25. The molecule has 0 spiro atoms. The normalized spacial score (nSPS) is 12.9. The summed E-state index contributed by atoms with van der Waals surface area (Å²) in [5.74, 6) is -0.701. The number of benzene rings is 2. The molecule has 9 heteroatoms. The average molecular weight is 465 g/mol. The molecule has 2 amide bonds. The number of hydroxylamine groups is 1. The molecule has 0 aromatic heterocycles. The van der Waals surface area contributed by atoms with E-state index >= 15 is 0 Å². The van der Waals surface area contributed by atoms with Gasteiger partial charge in [-0.25, -0.2) is 10.3 Å². The second-order valence-electron chi connectivity index (χ2n) is 5.80. The lowest BCUT2D eigenvalue weighted by Crippen LogP contribution is -2.28. The Morgan fingerprint density at radius 1 is 1.14 bits per heavy atom. The number of hydrogen-bond donors (Lipinski definition) is 4. The van der Waals surface area contributed by atoms with E-state index in [9.17, 15) is 14.7 Å². The van der Waals surface area contributed by atoms with Crippen molar-refractivity contribution in [2.45, 2.75) is 19.1 Å². The maximum atomic E-state index is 12.5. The van der Waals surface area contributed by atoms with E-state index in [1.807, 2.05) is 0 Å². The molecule has 0 radical (unpaired) electrons. The van der Waals surface area contributed by atoms with Crippen molar-refractivity contribution in [3.8, 4) is 5.75 Å². The molecule has 0 aliphatic heterocycles. The highest BCUT2D eigenvalue weighted by Gasteiger charge is 2.26. The molecule has 0 fully saturated rings.